The number of nitriles is 1. The van der Waals surface area contributed by atoms with Crippen molar-refractivity contribution in [3.63, 3.8) is 0 Å². The van der Waals surface area contributed by atoms with Crippen molar-refractivity contribution in [2.45, 2.75) is 5.92 Å². The summed E-state index contributed by atoms with van der Waals surface area (Å²) in [5.41, 5.74) is 1.21. The molecule has 2 atom stereocenters. The van der Waals surface area contributed by atoms with Crippen LogP contribution in [-0.4, -0.2) is 0 Å². The highest BCUT2D eigenvalue weighted by atomic mass is 35.5. The Bertz CT molecular complexity index is 404. The van der Waals surface area contributed by atoms with Crippen molar-refractivity contribution in [2.75, 3.05) is 0 Å². The van der Waals surface area contributed by atoms with Crippen molar-refractivity contribution in [1.82, 2.24) is 0 Å². The fourth-order valence-corrected chi connectivity index (χ4v) is 1.72. The van der Waals surface area contributed by atoms with Crippen LogP contribution in [0.3, 0.4) is 0 Å². The molecule has 1 aliphatic carbocycles. The highest BCUT2D eigenvalue weighted by Gasteiger charge is 2.19. The van der Waals surface area contributed by atoms with Crippen molar-refractivity contribution in [2.24, 2.45) is 5.92 Å². The molecule has 0 aromatic heterocycles. The van der Waals surface area contributed by atoms with Gasteiger partial charge in [-0.3, -0.25) is 0 Å². The van der Waals surface area contributed by atoms with Gasteiger partial charge in [0.15, 0.2) is 0 Å². The summed E-state index contributed by atoms with van der Waals surface area (Å²) in [4.78, 5) is 0. The molecule has 0 bridgehead atoms. The van der Waals surface area contributed by atoms with Crippen LogP contribution < -0.4 is 0 Å². The van der Waals surface area contributed by atoms with E-state index in [9.17, 15) is 0 Å². The van der Waals surface area contributed by atoms with Crippen LogP contribution in [-0.2, 0) is 0 Å². The maximum absolute atomic E-state index is 8.99. The number of hydrogen-bond acceptors (Lipinski definition) is 1. The Morgan fingerprint density at radius 1 is 0.938 bits per heavy atom. The van der Waals surface area contributed by atoms with E-state index in [0.717, 1.165) is 0 Å². The molecule has 3 heteroatoms. The van der Waals surface area contributed by atoms with Crippen LogP contribution in [0.2, 0.25) is 0 Å². The SMILES string of the molecule is Cl.Cl.N#CC1C=CC=CC1c1ccccc1. The number of hydrogen-bond donors (Lipinski definition) is 0. The standard InChI is InChI=1S/C13H11N.2ClH/c14-10-12-8-4-5-9-13(12)11-6-2-1-3-7-11;;/h1-9,12-13H;2*1H. The summed E-state index contributed by atoms with van der Waals surface area (Å²) in [6.07, 6.45) is 7.99. The molecule has 16 heavy (non-hydrogen) atoms. The average Bonchev–Trinajstić information content (AvgIpc) is 2.30. The minimum absolute atomic E-state index is 0. The maximum Gasteiger partial charge on any atom is 0.0749 e. The van der Waals surface area contributed by atoms with Crippen molar-refractivity contribution in [3.8, 4) is 6.07 Å². The molecule has 1 aliphatic rings. The minimum Gasteiger partial charge on any atom is -0.198 e. The molecule has 0 heterocycles. The first kappa shape index (κ1) is 14.8. The largest absolute Gasteiger partial charge is 0.198 e. The lowest BCUT2D eigenvalue weighted by molar-refractivity contribution is 0.712. The zero-order valence-electron chi connectivity index (χ0n) is 8.61. The second-order valence-corrected chi connectivity index (χ2v) is 3.36. The van der Waals surface area contributed by atoms with E-state index in [1.807, 2.05) is 36.4 Å². The van der Waals surface area contributed by atoms with Gasteiger partial charge in [-0.25, -0.2) is 0 Å². The van der Waals surface area contributed by atoms with Gasteiger partial charge >= 0.3 is 0 Å². The van der Waals surface area contributed by atoms with Crippen LogP contribution in [0.25, 0.3) is 0 Å². The van der Waals surface area contributed by atoms with Crippen LogP contribution in [0, 0.1) is 17.2 Å². The van der Waals surface area contributed by atoms with Gasteiger partial charge in [-0.05, 0) is 5.56 Å². The lowest BCUT2D eigenvalue weighted by Gasteiger charge is -2.18. The second kappa shape index (κ2) is 7.11. The van der Waals surface area contributed by atoms with E-state index >= 15 is 0 Å². The number of nitrogens with zero attached hydrogens (tertiary/aromatic N) is 1. The van der Waals surface area contributed by atoms with E-state index in [2.05, 4.69) is 24.3 Å². The Hall–Kier alpha value is -1.23. The molecule has 0 saturated carbocycles. The summed E-state index contributed by atoms with van der Waals surface area (Å²) in [5, 5.41) is 8.99. The molecule has 0 amide bonds. The number of halogens is 2. The Morgan fingerprint density at radius 2 is 1.56 bits per heavy atom. The van der Waals surface area contributed by atoms with Crippen LogP contribution in [0.15, 0.2) is 54.6 Å². The van der Waals surface area contributed by atoms with Gasteiger partial charge in [-0.15, -0.1) is 24.8 Å². The first-order valence-electron chi connectivity index (χ1n) is 4.71. The van der Waals surface area contributed by atoms with Crippen LogP contribution in [0.5, 0.6) is 0 Å². The van der Waals surface area contributed by atoms with Gasteiger partial charge in [0.05, 0.1) is 12.0 Å². The van der Waals surface area contributed by atoms with Gasteiger partial charge < -0.3 is 0 Å². The number of rotatable bonds is 1. The molecular weight excluding hydrogens is 241 g/mol. The van der Waals surface area contributed by atoms with Crippen LogP contribution in [0.1, 0.15) is 11.5 Å². The quantitative estimate of drug-likeness (QED) is 0.746. The van der Waals surface area contributed by atoms with Crippen molar-refractivity contribution in [1.29, 1.82) is 5.26 Å². The first-order chi connectivity index (χ1) is 6.92. The Balaban J connectivity index is 0.00000112. The highest BCUT2D eigenvalue weighted by Crippen LogP contribution is 2.29. The van der Waals surface area contributed by atoms with Crippen molar-refractivity contribution >= 4 is 24.8 Å². The zero-order valence-corrected chi connectivity index (χ0v) is 10.2. The van der Waals surface area contributed by atoms with E-state index in [-0.39, 0.29) is 36.6 Å². The molecule has 0 spiro atoms. The van der Waals surface area contributed by atoms with Crippen LogP contribution >= 0.6 is 24.8 Å². The molecule has 0 saturated heterocycles. The topological polar surface area (TPSA) is 23.8 Å². The predicted molar refractivity (Wildman–Crippen MR) is 71.1 cm³/mol. The molecule has 0 radical (unpaired) electrons. The van der Waals surface area contributed by atoms with Gasteiger partial charge in [-0.1, -0.05) is 54.6 Å². The van der Waals surface area contributed by atoms with Crippen molar-refractivity contribution < 1.29 is 0 Å². The zero-order chi connectivity index (χ0) is 9.80. The predicted octanol–water partition coefficient (Wildman–Crippen LogP) is 3.88. The molecule has 0 N–H and O–H groups in total. The lowest BCUT2D eigenvalue weighted by atomic mass is 9.84. The summed E-state index contributed by atoms with van der Waals surface area (Å²) < 4.78 is 0. The van der Waals surface area contributed by atoms with Crippen LogP contribution in [0.4, 0.5) is 0 Å². The maximum atomic E-state index is 8.99. The van der Waals surface area contributed by atoms with Crippen molar-refractivity contribution in [3.05, 3.63) is 60.2 Å². The third-order valence-electron chi connectivity index (χ3n) is 2.47. The van der Waals surface area contributed by atoms with E-state index in [4.69, 9.17) is 5.26 Å². The molecule has 1 aromatic carbocycles. The molecule has 0 aliphatic heterocycles. The molecule has 1 aromatic rings. The second-order valence-electron chi connectivity index (χ2n) is 3.36. The van der Waals surface area contributed by atoms with Gasteiger partial charge in [0, 0.05) is 5.92 Å². The summed E-state index contributed by atoms with van der Waals surface area (Å²) in [6.45, 7) is 0. The van der Waals surface area contributed by atoms with Gasteiger partial charge in [-0.2, -0.15) is 5.26 Å². The van der Waals surface area contributed by atoms with E-state index in [1.54, 1.807) is 0 Å². The molecule has 1 nitrogen and oxygen atoms in total. The molecule has 0 fully saturated rings. The summed E-state index contributed by atoms with van der Waals surface area (Å²) in [6, 6.07) is 12.5. The van der Waals surface area contributed by atoms with E-state index < -0.39 is 0 Å². The number of allylic oxidation sites excluding steroid dienone is 4. The third kappa shape index (κ3) is 3.13. The fourth-order valence-electron chi connectivity index (χ4n) is 1.72. The molecule has 2 unspecified atom stereocenters. The molecular formula is C13H13Cl2N. The minimum atomic E-state index is -0.0256. The fraction of sp³-hybridized carbons (Fsp3) is 0.154. The van der Waals surface area contributed by atoms with Gasteiger partial charge in [0.1, 0.15) is 0 Å². The molecule has 84 valence electrons. The Morgan fingerprint density at radius 3 is 2.19 bits per heavy atom. The third-order valence-corrected chi connectivity index (χ3v) is 2.47. The first-order valence-corrected chi connectivity index (χ1v) is 4.71. The number of benzene rings is 1. The summed E-state index contributed by atoms with van der Waals surface area (Å²) in [7, 11) is 0. The van der Waals surface area contributed by atoms with E-state index in [0.29, 0.717) is 0 Å². The molecule has 2 rings (SSSR count). The lowest BCUT2D eigenvalue weighted by Crippen LogP contribution is -2.08. The Labute approximate surface area is 108 Å². The Kier molecular flexibility index (Phi) is 6.56. The summed E-state index contributed by atoms with van der Waals surface area (Å²) >= 11 is 0. The average molecular weight is 254 g/mol. The highest BCUT2D eigenvalue weighted by molar-refractivity contribution is 5.85. The van der Waals surface area contributed by atoms with E-state index in [1.165, 1.54) is 5.56 Å². The normalized spacial score (nSPS) is 21.4. The summed E-state index contributed by atoms with van der Waals surface area (Å²) in [5.74, 6) is 0.189. The smallest absolute Gasteiger partial charge is 0.0749 e. The van der Waals surface area contributed by atoms with Gasteiger partial charge in [0.2, 0.25) is 0 Å². The van der Waals surface area contributed by atoms with Gasteiger partial charge in [0.25, 0.3) is 0 Å². The monoisotopic (exact) mass is 253 g/mol.